The molecule has 3 aromatic rings. The Labute approximate surface area is 143 Å². The molecule has 116 valence electrons. The molecule has 0 aliphatic heterocycles. The van der Waals surface area contributed by atoms with E-state index in [9.17, 15) is 14.9 Å². The second kappa shape index (κ2) is 7.11. The van der Waals surface area contributed by atoms with Crippen LogP contribution in [0, 0.1) is 10.1 Å². The Bertz CT molecular complexity index is 866. The average Bonchev–Trinajstić information content (AvgIpc) is 2.54. The number of nitro groups is 1. The van der Waals surface area contributed by atoms with E-state index < -0.39 is 4.92 Å². The highest BCUT2D eigenvalue weighted by molar-refractivity contribution is 5.95. The third-order valence-electron chi connectivity index (χ3n) is 3.47. The SMILES string of the molecule is O=C(C[n+]1ccc2c([N+](=O)[O-])cccc2c1)c1ccccc1.[Br-]. The maximum absolute atomic E-state index is 12.2. The van der Waals surface area contributed by atoms with Crippen LogP contribution in [0.2, 0.25) is 0 Å². The summed E-state index contributed by atoms with van der Waals surface area (Å²) in [6.45, 7) is 0.197. The molecule has 6 heteroatoms. The van der Waals surface area contributed by atoms with Crippen LogP contribution in [0.15, 0.2) is 67.0 Å². The fourth-order valence-electron chi connectivity index (χ4n) is 2.40. The van der Waals surface area contributed by atoms with Gasteiger partial charge in [-0.05, 0) is 6.07 Å². The van der Waals surface area contributed by atoms with Gasteiger partial charge in [0.15, 0.2) is 12.4 Å². The first-order valence-electron chi connectivity index (χ1n) is 6.79. The summed E-state index contributed by atoms with van der Waals surface area (Å²) in [6, 6.07) is 15.6. The van der Waals surface area contributed by atoms with Gasteiger partial charge in [-0.2, -0.15) is 4.57 Å². The van der Waals surface area contributed by atoms with E-state index in [0.717, 1.165) is 5.39 Å². The highest BCUT2D eigenvalue weighted by Crippen LogP contribution is 2.23. The van der Waals surface area contributed by atoms with Crippen molar-refractivity contribution in [3.63, 3.8) is 0 Å². The molecule has 0 saturated heterocycles. The summed E-state index contributed by atoms with van der Waals surface area (Å²) in [6.07, 6.45) is 3.44. The number of Topliss-reactive ketones (excluding diaryl/α,β-unsaturated/α-hetero) is 1. The number of nitro benzene ring substituents is 1. The molecule has 0 unspecified atom stereocenters. The minimum atomic E-state index is -0.401. The second-order valence-electron chi connectivity index (χ2n) is 4.94. The lowest BCUT2D eigenvalue weighted by Crippen LogP contribution is -3.00. The minimum absolute atomic E-state index is 0. The zero-order valence-corrected chi connectivity index (χ0v) is 13.6. The fourth-order valence-corrected chi connectivity index (χ4v) is 2.40. The zero-order valence-electron chi connectivity index (χ0n) is 12.1. The predicted molar refractivity (Wildman–Crippen MR) is 81.6 cm³/mol. The summed E-state index contributed by atoms with van der Waals surface area (Å²) in [5.41, 5.74) is 0.716. The van der Waals surface area contributed by atoms with Crippen molar-refractivity contribution in [2.45, 2.75) is 6.54 Å². The molecule has 1 aromatic heterocycles. The van der Waals surface area contributed by atoms with Crippen LogP contribution in [0.4, 0.5) is 5.69 Å². The summed E-state index contributed by atoms with van der Waals surface area (Å²) in [5, 5.41) is 12.3. The van der Waals surface area contributed by atoms with Crippen molar-refractivity contribution in [1.82, 2.24) is 0 Å². The van der Waals surface area contributed by atoms with Crippen molar-refractivity contribution in [2.75, 3.05) is 0 Å². The first-order valence-corrected chi connectivity index (χ1v) is 6.79. The molecule has 0 aliphatic rings. The van der Waals surface area contributed by atoms with Gasteiger partial charge in [-0.3, -0.25) is 14.9 Å². The highest BCUT2D eigenvalue weighted by atomic mass is 79.9. The number of carbonyl (C=O) groups excluding carboxylic acids is 1. The van der Waals surface area contributed by atoms with Gasteiger partial charge < -0.3 is 17.0 Å². The number of pyridine rings is 1. The van der Waals surface area contributed by atoms with Gasteiger partial charge in [0.05, 0.1) is 15.7 Å². The number of hydrogen-bond donors (Lipinski definition) is 0. The molecule has 1 heterocycles. The molecule has 23 heavy (non-hydrogen) atoms. The monoisotopic (exact) mass is 372 g/mol. The molecule has 0 bridgehead atoms. The van der Waals surface area contributed by atoms with Crippen molar-refractivity contribution >= 4 is 22.2 Å². The molecule has 0 saturated carbocycles. The molecule has 2 aromatic carbocycles. The minimum Gasteiger partial charge on any atom is -1.00 e. The van der Waals surface area contributed by atoms with E-state index in [-0.39, 0.29) is 35.0 Å². The van der Waals surface area contributed by atoms with Crippen LogP contribution in [0.1, 0.15) is 10.4 Å². The Morgan fingerprint density at radius 1 is 1.04 bits per heavy atom. The Morgan fingerprint density at radius 3 is 2.48 bits per heavy atom. The number of hydrogen-bond acceptors (Lipinski definition) is 3. The predicted octanol–water partition coefficient (Wildman–Crippen LogP) is -0.0776. The van der Waals surface area contributed by atoms with Crippen LogP contribution in [-0.4, -0.2) is 10.7 Å². The lowest BCUT2D eigenvalue weighted by molar-refractivity contribution is -0.681. The highest BCUT2D eigenvalue weighted by Gasteiger charge is 2.16. The van der Waals surface area contributed by atoms with E-state index >= 15 is 0 Å². The van der Waals surface area contributed by atoms with Gasteiger partial charge in [-0.25, -0.2) is 0 Å². The second-order valence-corrected chi connectivity index (χ2v) is 4.94. The number of non-ortho nitro benzene ring substituents is 1. The molecule has 0 fully saturated rings. The summed E-state index contributed by atoms with van der Waals surface area (Å²) >= 11 is 0. The quantitative estimate of drug-likeness (QED) is 0.278. The lowest BCUT2D eigenvalue weighted by atomic mass is 10.1. The molecule has 0 radical (unpaired) electrons. The van der Waals surface area contributed by atoms with E-state index in [1.165, 1.54) is 6.07 Å². The maximum atomic E-state index is 12.2. The lowest BCUT2D eigenvalue weighted by Gasteiger charge is -2.01. The Balaban J connectivity index is 0.00000192. The topological polar surface area (TPSA) is 64.1 Å². The number of carbonyl (C=O) groups is 1. The molecule has 0 atom stereocenters. The van der Waals surface area contributed by atoms with Gasteiger partial charge in [0.25, 0.3) is 5.69 Å². The summed E-state index contributed by atoms with van der Waals surface area (Å²) in [4.78, 5) is 22.8. The van der Waals surface area contributed by atoms with Crippen LogP contribution in [0.5, 0.6) is 0 Å². The number of halogens is 1. The standard InChI is InChI=1S/C17H13N2O3.BrH/c20-17(13-5-2-1-3-6-13)12-18-10-9-15-14(11-18)7-4-8-16(15)19(21)22;/h1-11H,12H2;1H/q+1;/p-1. The van der Waals surface area contributed by atoms with Crippen LogP contribution < -0.4 is 21.5 Å². The average molecular weight is 373 g/mol. The molecule has 0 aliphatic carbocycles. The van der Waals surface area contributed by atoms with Crippen LogP contribution >= 0.6 is 0 Å². The Morgan fingerprint density at radius 2 is 1.78 bits per heavy atom. The molecule has 5 nitrogen and oxygen atoms in total. The summed E-state index contributed by atoms with van der Waals surface area (Å²) in [5.74, 6) is -0.00428. The Kier molecular flexibility index (Phi) is 5.18. The van der Waals surface area contributed by atoms with Gasteiger partial charge in [0, 0.05) is 17.7 Å². The molecule has 3 rings (SSSR count). The largest absolute Gasteiger partial charge is 1.00 e. The normalized spacial score (nSPS) is 10.1. The van der Waals surface area contributed by atoms with Crippen molar-refractivity contribution < 1.29 is 31.3 Å². The number of benzene rings is 2. The Hall–Kier alpha value is -2.60. The van der Waals surface area contributed by atoms with Crippen LogP contribution in [-0.2, 0) is 6.54 Å². The van der Waals surface area contributed by atoms with E-state index in [4.69, 9.17) is 0 Å². The van der Waals surface area contributed by atoms with E-state index in [1.807, 2.05) is 18.2 Å². The third-order valence-corrected chi connectivity index (χ3v) is 3.47. The first-order chi connectivity index (χ1) is 10.6. The van der Waals surface area contributed by atoms with Gasteiger partial charge in [0.1, 0.15) is 0 Å². The first kappa shape index (κ1) is 16.8. The molecule has 0 N–H and O–H groups in total. The fraction of sp³-hybridized carbons (Fsp3) is 0.0588. The summed E-state index contributed by atoms with van der Waals surface area (Å²) < 4.78 is 1.74. The molecule has 0 spiro atoms. The molecular formula is C17H13BrN2O3. The van der Waals surface area contributed by atoms with Gasteiger partial charge in [0.2, 0.25) is 12.3 Å². The van der Waals surface area contributed by atoms with E-state index in [2.05, 4.69) is 0 Å². The van der Waals surface area contributed by atoms with E-state index in [1.54, 1.807) is 47.3 Å². The van der Waals surface area contributed by atoms with Crippen molar-refractivity contribution in [3.05, 3.63) is 82.7 Å². The van der Waals surface area contributed by atoms with E-state index in [0.29, 0.717) is 10.9 Å². The van der Waals surface area contributed by atoms with Crippen molar-refractivity contribution in [2.24, 2.45) is 0 Å². The van der Waals surface area contributed by atoms with Crippen LogP contribution in [0.3, 0.4) is 0 Å². The number of rotatable bonds is 4. The van der Waals surface area contributed by atoms with Gasteiger partial charge in [-0.1, -0.05) is 36.4 Å². The number of fused-ring (bicyclic) bond motifs is 1. The molecular weight excluding hydrogens is 360 g/mol. The van der Waals surface area contributed by atoms with Crippen LogP contribution in [0.25, 0.3) is 10.8 Å². The zero-order chi connectivity index (χ0) is 15.5. The summed E-state index contributed by atoms with van der Waals surface area (Å²) in [7, 11) is 0. The van der Waals surface area contributed by atoms with Crippen molar-refractivity contribution in [1.29, 1.82) is 0 Å². The maximum Gasteiger partial charge on any atom is 0.277 e. The van der Waals surface area contributed by atoms with Crippen molar-refractivity contribution in [3.8, 4) is 0 Å². The third kappa shape index (κ3) is 3.60. The number of aromatic nitrogens is 1. The smallest absolute Gasteiger partial charge is 0.277 e. The van der Waals surface area contributed by atoms with Gasteiger partial charge in [-0.15, -0.1) is 0 Å². The molecule has 0 amide bonds. The van der Waals surface area contributed by atoms with Gasteiger partial charge >= 0.3 is 0 Å². The number of nitrogens with zero attached hydrogens (tertiary/aromatic N) is 2. The number of ketones is 1.